The van der Waals surface area contributed by atoms with Gasteiger partial charge in [0.1, 0.15) is 5.92 Å². The topological polar surface area (TPSA) is 234 Å². The molecule has 0 heterocycles. The summed E-state index contributed by atoms with van der Waals surface area (Å²) in [5.74, 6) is -9.79. The number of ether oxygens (including phenoxy) is 3. The summed E-state index contributed by atoms with van der Waals surface area (Å²) >= 11 is 0. The largest absolute Gasteiger partial charge is 0.444 e. The summed E-state index contributed by atoms with van der Waals surface area (Å²) in [4.78, 5) is 62.5. The number of esters is 5. The summed E-state index contributed by atoms with van der Waals surface area (Å²) in [5, 5.41) is 55.8. The highest BCUT2D eigenvalue weighted by Crippen LogP contribution is 2.31. The zero-order valence-electron chi connectivity index (χ0n) is 26.0. The third-order valence-electron chi connectivity index (χ3n) is 7.24. The Morgan fingerprint density at radius 2 is 0.909 bits per heavy atom. The first-order chi connectivity index (χ1) is 20.9. The lowest BCUT2D eigenvalue weighted by atomic mass is 9.84. The number of aliphatic hydroxyl groups is 6. The quantitative estimate of drug-likeness (QED) is 0.0355. The Morgan fingerprint density at radius 1 is 0.545 bits per heavy atom. The van der Waals surface area contributed by atoms with Crippen molar-refractivity contribution in [1.29, 1.82) is 0 Å². The van der Waals surface area contributed by atoms with Crippen LogP contribution in [0, 0.1) is 5.92 Å². The molecule has 44 heavy (non-hydrogen) atoms. The molecule has 14 heteroatoms. The van der Waals surface area contributed by atoms with E-state index >= 15 is 0 Å². The smallest absolute Gasteiger partial charge is 0.358 e. The monoisotopic (exact) mass is 636 g/mol. The summed E-state index contributed by atoms with van der Waals surface area (Å²) < 4.78 is 14.2. The molecular formula is C30H52O14. The van der Waals surface area contributed by atoms with Gasteiger partial charge in [-0.05, 0) is 13.3 Å². The van der Waals surface area contributed by atoms with Crippen molar-refractivity contribution in [2.24, 2.45) is 5.92 Å². The number of aliphatic hydroxyl groups excluding tert-OH is 6. The van der Waals surface area contributed by atoms with Crippen LogP contribution in [0.25, 0.3) is 0 Å². The van der Waals surface area contributed by atoms with E-state index in [9.17, 15) is 39.3 Å². The molecule has 0 aromatic rings. The molecule has 0 aliphatic heterocycles. The third-order valence-corrected chi connectivity index (χ3v) is 7.24. The van der Waals surface area contributed by atoms with Crippen LogP contribution in [0.2, 0.25) is 0 Å². The van der Waals surface area contributed by atoms with Crippen LogP contribution in [-0.2, 0) is 38.2 Å². The molecule has 0 rings (SSSR count). The Kier molecular flexibility index (Phi) is 22.5. The van der Waals surface area contributed by atoms with Crippen molar-refractivity contribution in [2.75, 3.05) is 19.8 Å². The van der Waals surface area contributed by atoms with E-state index < -0.39 is 79.5 Å². The summed E-state index contributed by atoms with van der Waals surface area (Å²) in [6, 6.07) is 0. The number of hydrogen-bond acceptors (Lipinski definition) is 14. The maximum atomic E-state index is 13.1. The SMILES string of the molecule is CCCCCCCCCCCCCCCCC(C(=O)OC(=O)C(O)CO)C(C)(OC(=O)C(O)CO)C(=O)OC(=O)C(O)CO. The minimum Gasteiger partial charge on any atom is -0.444 e. The number of hydrogen-bond donors (Lipinski definition) is 6. The number of rotatable bonds is 25. The van der Waals surface area contributed by atoms with Crippen molar-refractivity contribution in [3.05, 3.63) is 0 Å². The minimum atomic E-state index is -2.74. The second-order valence-electron chi connectivity index (χ2n) is 11.0. The van der Waals surface area contributed by atoms with Crippen molar-refractivity contribution in [1.82, 2.24) is 0 Å². The molecule has 0 aromatic carbocycles. The Labute approximate surface area is 258 Å². The van der Waals surface area contributed by atoms with Crippen LogP contribution in [0.15, 0.2) is 0 Å². The van der Waals surface area contributed by atoms with Gasteiger partial charge in [0, 0.05) is 0 Å². The molecule has 0 radical (unpaired) electrons. The van der Waals surface area contributed by atoms with Gasteiger partial charge in [0.15, 0.2) is 18.3 Å². The van der Waals surface area contributed by atoms with E-state index in [2.05, 4.69) is 16.4 Å². The van der Waals surface area contributed by atoms with Crippen LogP contribution >= 0.6 is 0 Å². The van der Waals surface area contributed by atoms with Crippen molar-refractivity contribution in [2.45, 2.75) is 134 Å². The molecule has 0 aliphatic carbocycles. The molecule has 0 aromatic heterocycles. The van der Waals surface area contributed by atoms with E-state index in [0.717, 1.165) is 39.0 Å². The molecule has 0 spiro atoms. The van der Waals surface area contributed by atoms with Crippen molar-refractivity contribution < 1.29 is 68.8 Å². The highest BCUT2D eigenvalue weighted by molar-refractivity contribution is 5.98. The van der Waals surface area contributed by atoms with Crippen molar-refractivity contribution in [3.63, 3.8) is 0 Å². The molecule has 0 saturated carbocycles. The molecule has 6 N–H and O–H groups in total. The third kappa shape index (κ3) is 16.0. The normalized spacial score (nSPS) is 15.4. The average Bonchev–Trinajstić information content (AvgIpc) is 3.00. The number of unbranched alkanes of at least 4 members (excludes halogenated alkanes) is 13. The van der Waals surface area contributed by atoms with Crippen LogP contribution in [0.1, 0.15) is 110 Å². The fourth-order valence-electron chi connectivity index (χ4n) is 4.42. The fraction of sp³-hybridized carbons (Fsp3) is 0.833. The lowest BCUT2D eigenvalue weighted by molar-refractivity contribution is -0.203. The zero-order chi connectivity index (χ0) is 33.5. The van der Waals surface area contributed by atoms with Gasteiger partial charge in [-0.1, -0.05) is 96.8 Å². The van der Waals surface area contributed by atoms with Gasteiger partial charge in [-0.2, -0.15) is 0 Å². The van der Waals surface area contributed by atoms with E-state index in [1.165, 1.54) is 44.9 Å². The summed E-state index contributed by atoms with van der Waals surface area (Å²) in [7, 11) is 0. The van der Waals surface area contributed by atoms with Crippen LogP contribution in [0.5, 0.6) is 0 Å². The first-order valence-corrected chi connectivity index (χ1v) is 15.5. The van der Waals surface area contributed by atoms with Gasteiger partial charge in [-0.25, -0.2) is 19.2 Å². The zero-order valence-corrected chi connectivity index (χ0v) is 26.0. The number of carbonyl (C=O) groups is 5. The minimum absolute atomic E-state index is 0.241. The Bertz CT molecular complexity index is 863. The molecule has 14 nitrogen and oxygen atoms in total. The van der Waals surface area contributed by atoms with Gasteiger partial charge in [-0.15, -0.1) is 0 Å². The van der Waals surface area contributed by atoms with Gasteiger partial charge in [0.05, 0.1) is 19.8 Å². The maximum Gasteiger partial charge on any atom is 0.358 e. The molecule has 256 valence electrons. The maximum absolute atomic E-state index is 13.1. The van der Waals surface area contributed by atoms with E-state index in [4.69, 9.17) is 20.1 Å². The van der Waals surface area contributed by atoms with Crippen molar-refractivity contribution in [3.8, 4) is 0 Å². The molecular weight excluding hydrogens is 584 g/mol. The average molecular weight is 637 g/mol. The predicted octanol–water partition coefficient (Wildman–Crippen LogP) is 0.975. The molecule has 0 amide bonds. The van der Waals surface area contributed by atoms with E-state index in [1.807, 2.05) is 0 Å². The second-order valence-corrected chi connectivity index (χ2v) is 11.0. The van der Waals surface area contributed by atoms with Gasteiger partial charge < -0.3 is 44.8 Å². The first-order valence-electron chi connectivity index (χ1n) is 15.5. The van der Waals surface area contributed by atoms with Gasteiger partial charge in [0.25, 0.3) is 0 Å². The van der Waals surface area contributed by atoms with E-state index in [-0.39, 0.29) is 12.8 Å². The van der Waals surface area contributed by atoms with Gasteiger partial charge >= 0.3 is 29.8 Å². The fourth-order valence-corrected chi connectivity index (χ4v) is 4.42. The van der Waals surface area contributed by atoms with Gasteiger partial charge in [-0.3, -0.25) is 4.79 Å². The Morgan fingerprint density at radius 3 is 1.32 bits per heavy atom. The summed E-state index contributed by atoms with van der Waals surface area (Å²) in [6.07, 6.45) is 7.75. The van der Waals surface area contributed by atoms with Gasteiger partial charge in [0.2, 0.25) is 5.60 Å². The first kappa shape index (κ1) is 41.5. The summed E-state index contributed by atoms with van der Waals surface area (Å²) in [6.45, 7) is -0.291. The summed E-state index contributed by atoms with van der Waals surface area (Å²) in [5.41, 5.74) is -2.74. The lowest BCUT2D eigenvalue weighted by Crippen LogP contribution is -2.54. The molecule has 0 bridgehead atoms. The van der Waals surface area contributed by atoms with Crippen LogP contribution in [0.3, 0.4) is 0 Å². The molecule has 5 atom stereocenters. The Hall–Kier alpha value is -2.49. The molecule has 5 unspecified atom stereocenters. The standard InChI is InChI=1S/C30H52O14/c1-3-4-5-6-7-8-9-10-11-12-13-14-15-16-17-21(25(37)42-26(38)22(34)18-31)30(2,44-28(40)24(36)20-33)29(41)43-27(39)23(35)19-32/h21-24,31-36H,3-20H2,1-2H3. The highest BCUT2D eigenvalue weighted by Gasteiger charge is 2.53. The Balaban J connectivity index is 5.46. The highest BCUT2D eigenvalue weighted by atomic mass is 16.6. The van der Waals surface area contributed by atoms with E-state index in [0.29, 0.717) is 6.42 Å². The van der Waals surface area contributed by atoms with Crippen LogP contribution in [0.4, 0.5) is 0 Å². The number of carbonyl (C=O) groups excluding carboxylic acids is 5. The second kappa shape index (κ2) is 23.8. The van der Waals surface area contributed by atoms with E-state index in [1.54, 1.807) is 0 Å². The lowest BCUT2D eigenvalue weighted by Gasteiger charge is -2.33. The van der Waals surface area contributed by atoms with Crippen molar-refractivity contribution >= 4 is 29.8 Å². The van der Waals surface area contributed by atoms with Crippen LogP contribution < -0.4 is 0 Å². The predicted molar refractivity (Wildman–Crippen MR) is 154 cm³/mol. The van der Waals surface area contributed by atoms with Crippen LogP contribution in [-0.4, -0.2) is 104 Å². The molecule has 0 fully saturated rings. The molecule has 0 aliphatic rings. The molecule has 0 saturated heterocycles.